The Labute approximate surface area is 171 Å². The number of hydrogen-bond acceptors (Lipinski definition) is 5. The molecule has 2 aromatic rings. The Morgan fingerprint density at radius 1 is 1.10 bits per heavy atom. The van der Waals surface area contributed by atoms with E-state index in [0.717, 1.165) is 56.5 Å². The molecule has 2 aliphatic rings. The highest BCUT2D eigenvalue weighted by Crippen LogP contribution is 2.29. The van der Waals surface area contributed by atoms with E-state index >= 15 is 0 Å². The number of carbonyl (C=O) groups is 1. The second kappa shape index (κ2) is 9.80. The zero-order valence-corrected chi connectivity index (χ0v) is 17.3. The number of nitro groups is 1. The standard InChI is InChI=1S/C16H19N3O2.C6H11NO/c1-18-7-5-13(6-8-18)15-11-17-16-3-2-12(10-14(15)16)4-9-19(20)21;1-7-4-2-6(8)3-5-7/h2-3,5,10-11,17H,4,6-9H2,1H3;2-5H2,1H3. The number of nitrogens with zero attached hydrogens (tertiary/aromatic N) is 3. The van der Waals surface area contributed by atoms with Gasteiger partial charge in [-0.1, -0.05) is 12.1 Å². The molecule has 1 aromatic carbocycles. The molecule has 0 radical (unpaired) electrons. The Kier molecular flexibility index (Phi) is 7.17. The van der Waals surface area contributed by atoms with E-state index in [1.54, 1.807) is 0 Å². The molecule has 0 saturated carbocycles. The second-order valence-corrected chi connectivity index (χ2v) is 7.97. The van der Waals surface area contributed by atoms with Crippen LogP contribution in [-0.4, -0.2) is 72.3 Å². The first-order valence-electron chi connectivity index (χ1n) is 10.2. The molecule has 4 rings (SSSR count). The van der Waals surface area contributed by atoms with Crippen molar-refractivity contribution in [2.45, 2.75) is 25.7 Å². The molecule has 7 nitrogen and oxygen atoms in total. The molecule has 1 N–H and O–H groups in total. The van der Waals surface area contributed by atoms with Crippen LogP contribution in [-0.2, 0) is 11.2 Å². The smallest absolute Gasteiger partial charge is 0.207 e. The fraction of sp³-hybridized carbons (Fsp3) is 0.500. The Hall–Kier alpha value is -2.51. The van der Waals surface area contributed by atoms with Crippen LogP contribution in [0.5, 0.6) is 0 Å². The van der Waals surface area contributed by atoms with Gasteiger partial charge in [0.2, 0.25) is 6.54 Å². The lowest BCUT2D eigenvalue weighted by atomic mass is 9.98. The number of nitrogens with one attached hydrogen (secondary N) is 1. The van der Waals surface area contributed by atoms with Crippen LogP contribution < -0.4 is 0 Å². The minimum Gasteiger partial charge on any atom is -0.361 e. The van der Waals surface area contributed by atoms with Gasteiger partial charge >= 0.3 is 0 Å². The van der Waals surface area contributed by atoms with E-state index in [0.29, 0.717) is 12.2 Å². The average molecular weight is 399 g/mol. The number of H-pyrrole nitrogens is 1. The second-order valence-electron chi connectivity index (χ2n) is 7.97. The molecular formula is C22H30N4O3. The Balaban J connectivity index is 0.000000252. The monoisotopic (exact) mass is 398 g/mol. The molecule has 0 spiro atoms. The number of fused-ring (bicyclic) bond motifs is 1. The largest absolute Gasteiger partial charge is 0.361 e. The highest BCUT2D eigenvalue weighted by atomic mass is 16.6. The number of likely N-dealkylation sites (tertiary alicyclic amines) is 1. The van der Waals surface area contributed by atoms with Gasteiger partial charge in [-0.15, -0.1) is 0 Å². The van der Waals surface area contributed by atoms with Gasteiger partial charge in [-0.05, 0) is 43.8 Å². The SMILES string of the molecule is CN1CC=C(c2c[nH]c3ccc(CC[N+](=O)[O-])cc23)CC1.CN1CCC(=O)CC1. The zero-order chi connectivity index (χ0) is 20.8. The van der Waals surface area contributed by atoms with Gasteiger partial charge in [0.05, 0.1) is 0 Å². The lowest BCUT2D eigenvalue weighted by molar-refractivity contribution is -0.479. The van der Waals surface area contributed by atoms with Gasteiger partial charge in [0, 0.05) is 73.0 Å². The number of benzene rings is 1. The molecule has 7 heteroatoms. The molecule has 0 unspecified atom stereocenters. The number of ketones is 1. The molecule has 0 amide bonds. The van der Waals surface area contributed by atoms with Gasteiger partial charge in [0.15, 0.2) is 0 Å². The topological polar surface area (TPSA) is 82.5 Å². The van der Waals surface area contributed by atoms with Crippen molar-refractivity contribution in [3.63, 3.8) is 0 Å². The Bertz CT molecular complexity index is 893. The number of aromatic amines is 1. The molecule has 2 aliphatic heterocycles. The number of likely N-dealkylation sites (N-methyl/N-ethyl adjacent to an activating group) is 1. The van der Waals surface area contributed by atoms with Crippen LogP contribution in [0.15, 0.2) is 30.5 Å². The van der Waals surface area contributed by atoms with Crippen LogP contribution >= 0.6 is 0 Å². The summed E-state index contributed by atoms with van der Waals surface area (Å²) in [6.45, 7) is 3.94. The molecular weight excluding hydrogens is 368 g/mol. The van der Waals surface area contributed by atoms with E-state index in [4.69, 9.17) is 0 Å². The van der Waals surface area contributed by atoms with Crippen molar-refractivity contribution < 1.29 is 9.72 Å². The van der Waals surface area contributed by atoms with Crippen LogP contribution in [0, 0.1) is 10.1 Å². The normalized spacial score (nSPS) is 18.3. The van der Waals surface area contributed by atoms with Crippen molar-refractivity contribution in [1.82, 2.24) is 14.8 Å². The fourth-order valence-corrected chi connectivity index (χ4v) is 3.69. The molecule has 1 fully saturated rings. The summed E-state index contributed by atoms with van der Waals surface area (Å²) in [5.41, 5.74) is 4.72. The van der Waals surface area contributed by atoms with Crippen LogP contribution in [0.4, 0.5) is 0 Å². The summed E-state index contributed by atoms with van der Waals surface area (Å²) in [7, 11) is 4.17. The summed E-state index contributed by atoms with van der Waals surface area (Å²) in [5.74, 6) is 0.420. The number of Topliss-reactive ketones (excluding diaryl/α,β-unsaturated/α-hetero) is 1. The molecule has 156 valence electrons. The van der Waals surface area contributed by atoms with Crippen LogP contribution in [0.3, 0.4) is 0 Å². The van der Waals surface area contributed by atoms with Crippen LogP contribution in [0.2, 0.25) is 0 Å². The van der Waals surface area contributed by atoms with E-state index in [9.17, 15) is 14.9 Å². The molecule has 29 heavy (non-hydrogen) atoms. The predicted octanol–water partition coefficient (Wildman–Crippen LogP) is 2.99. The van der Waals surface area contributed by atoms with Crippen molar-refractivity contribution in [3.8, 4) is 0 Å². The van der Waals surface area contributed by atoms with Gasteiger partial charge < -0.3 is 14.8 Å². The summed E-state index contributed by atoms with van der Waals surface area (Å²) >= 11 is 0. The van der Waals surface area contributed by atoms with E-state index in [2.05, 4.69) is 40.2 Å². The first-order valence-corrected chi connectivity index (χ1v) is 10.2. The van der Waals surface area contributed by atoms with E-state index in [1.165, 1.54) is 16.5 Å². The summed E-state index contributed by atoms with van der Waals surface area (Å²) in [5, 5.41) is 11.7. The number of rotatable bonds is 4. The average Bonchev–Trinajstić information content (AvgIpc) is 3.13. The maximum absolute atomic E-state index is 10.6. The fourth-order valence-electron chi connectivity index (χ4n) is 3.69. The van der Waals surface area contributed by atoms with Crippen molar-refractivity contribution >= 4 is 22.3 Å². The number of hydrogen-bond donors (Lipinski definition) is 1. The van der Waals surface area contributed by atoms with Crippen LogP contribution in [0.25, 0.3) is 16.5 Å². The number of carbonyl (C=O) groups excluding carboxylic acids is 1. The third kappa shape index (κ3) is 5.98. The molecule has 3 heterocycles. The summed E-state index contributed by atoms with van der Waals surface area (Å²) in [6, 6.07) is 6.07. The summed E-state index contributed by atoms with van der Waals surface area (Å²) in [6.07, 6.45) is 7.37. The summed E-state index contributed by atoms with van der Waals surface area (Å²) < 4.78 is 0. The Morgan fingerprint density at radius 2 is 1.83 bits per heavy atom. The quantitative estimate of drug-likeness (QED) is 0.632. The molecule has 0 atom stereocenters. The maximum Gasteiger partial charge on any atom is 0.207 e. The van der Waals surface area contributed by atoms with E-state index < -0.39 is 0 Å². The van der Waals surface area contributed by atoms with E-state index in [-0.39, 0.29) is 11.5 Å². The van der Waals surface area contributed by atoms with Gasteiger partial charge in [0.25, 0.3) is 0 Å². The van der Waals surface area contributed by atoms with Crippen molar-refractivity contribution in [2.24, 2.45) is 0 Å². The first kappa shape index (κ1) is 21.2. The zero-order valence-electron chi connectivity index (χ0n) is 17.3. The van der Waals surface area contributed by atoms with Crippen molar-refractivity contribution in [2.75, 3.05) is 46.8 Å². The third-order valence-electron chi connectivity index (χ3n) is 5.63. The van der Waals surface area contributed by atoms with Crippen LogP contribution in [0.1, 0.15) is 30.4 Å². The molecule has 0 aliphatic carbocycles. The Morgan fingerprint density at radius 3 is 2.45 bits per heavy atom. The maximum atomic E-state index is 10.6. The van der Waals surface area contributed by atoms with Gasteiger partial charge in [0.1, 0.15) is 5.78 Å². The highest BCUT2D eigenvalue weighted by molar-refractivity contribution is 5.93. The first-order chi connectivity index (χ1) is 13.9. The van der Waals surface area contributed by atoms with Gasteiger partial charge in [-0.2, -0.15) is 0 Å². The lowest BCUT2D eigenvalue weighted by Crippen LogP contribution is -2.29. The van der Waals surface area contributed by atoms with Gasteiger partial charge in [-0.25, -0.2) is 0 Å². The summed E-state index contributed by atoms with van der Waals surface area (Å²) in [4.78, 5) is 28.6. The molecule has 1 aromatic heterocycles. The van der Waals surface area contributed by atoms with E-state index in [1.807, 2.05) is 19.2 Å². The minimum atomic E-state index is -0.262. The van der Waals surface area contributed by atoms with Crippen molar-refractivity contribution in [1.29, 1.82) is 0 Å². The third-order valence-corrected chi connectivity index (χ3v) is 5.63. The van der Waals surface area contributed by atoms with Gasteiger partial charge in [-0.3, -0.25) is 14.9 Å². The number of aromatic nitrogens is 1. The molecule has 1 saturated heterocycles. The highest BCUT2D eigenvalue weighted by Gasteiger charge is 2.14. The minimum absolute atomic E-state index is 0.0151. The predicted molar refractivity (Wildman–Crippen MR) is 116 cm³/mol. The molecule has 0 bridgehead atoms. The number of piperidine rings is 1. The van der Waals surface area contributed by atoms with Crippen molar-refractivity contribution in [3.05, 3.63) is 51.7 Å². The lowest BCUT2D eigenvalue weighted by Gasteiger charge is -2.21.